The summed E-state index contributed by atoms with van der Waals surface area (Å²) in [5, 5.41) is 11.9. The summed E-state index contributed by atoms with van der Waals surface area (Å²) in [5.74, 6) is -1.27. The van der Waals surface area contributed by atoms with Gasteiger partial charge in [-0.1, -0.05) is 0 Å². The second-order valence-electron chi connectivity index (χ2n) is 5.89. The number of rotatable bonds is 4. The number of nitrogens with zero attached hydrogens (tertiary/aromatic N) is 1. The third kappa shape index (κ3) is 2.45. The summed E-state index contributed by atoms with van der Waals surface area (Å²) in [6.45, 7) is 0.701. The minimum Gasteiger partial charge on any atom is -0.480 e. The highest BCUT2D eigenvalue weighted by Gasteiger charge is 2.45. The Morgan fingerprint density at radius 2 is 1.82 bits per heavy atom. The molecule has 1 aliphatic heterocycles. The largest absolute Gasteiger partial charge is 0.480 e. The van der Waals surface area contributed by atoms with Gasteiger partial charge in [-0.15, -0.1) is 0 Å². The van der Waals surface area contributed by atoms with Gasteiger partial charge in [0.15, 0.2) is 0 Å². The molecular formula is C16H18N2O4. The molecule has 1 aromatic carbocycles. The number of hydrogen-bond donors (Lipinski definition) is 2. The Balaban J connectivity index is 1.71. The smallest absolute Gasteiger partial charge is 0.329 e. The van der Waals surface area contributed by atoms with E-state index >= 15 is 0 Å². The van der Waals surface area contributed by atoms with E-state index in [1.54, 1.807) is 29.2 Å². The maximum absolute atomic E-state index is 12.2. The van der Waals surface area contributed by atoms with Gasteiger partial charge in [0.05, 0.1) is 0 Å². The van der Waals surface area contributed by atoms with Gasteiger partial charge in [0, 0.05) is 24.2 Å². The standard InChI is InChI=1S/C16H18N2O4/c19-13-3-1-10-18(13)12-6-4-11(5-7-12)14(20)17-16(15(21)22)8-2-9-16/h4-7H,1-3,8-10H2,(H,17,20)(H,21,22). The number of anilines is 1. The van der Waals surface area contributed by atoms with E-state index in [4.69, 9.17) is 0 Å². The zero-order valence-corrected chi connectivity index (χ0v) is 12.2. The van der Waals surface area contributed by atoms with Crippen molar-refractivity contribution in [3.63, 3.8) is 0 Å². The maximum Gasteiger partial charge on any atom is 0.329 e. The predicted molar refractivity (Wildman–Crippen MR) is 79.7 cm³/mol. The van der Waals surface area contributed by atoms with Crippen LogP contribution in [-0.2, 0) is 9.59 Å². The third-order valence-electron chi connectivity index (χ3n) is 4.48. The van der Waals surface area contributed by atoms with Gasteiger partial charge in [0.25, 0.3) is 5.91 Å². The average Bonchev–Trinajstić information content (AvgIpc) is 2.88. The number of benzene rings is 1. The minimum absolute atomic E-state index is 0.0940. The van der Waals surface area contributed by atoms with E-state index < -0.39 is 11.5 Å². The molecule has 3 rings (SSSR count). The number of hydrogen-bond acceptors (Lipinski definition) is 3. The minimum atomic E-state index is -1.11. The summed E-state index contributed by atoms with van der Waals surface area (Å²) in [4.78, 5) is 36.9. The molecule has 6 nitrogen and oxygen atoms in total. The number of carbonyl (C=O) groups is 3. The van der Waals surface area contributed by atoms with Crippen LogP contribution in [0.1, 0.15) is 42.5 Å². The lowest BCUT2D eigenvalue weighted by molar-refractivity contribution is -0.148. The van der Waals surface area contributed by atoms with Crippen LogP contribution < -0.4 is 10.2 Å². The van der Waals surface area contributed by atoms with Gasteiger partial charge in [-0.3, -0.25) is 9.59 Å². The molecule has 2 fully saturated rings. The van der Waals surface area contributed by atoms with E-state index in [9.17, 15) is 19.5 Å². The summed E-state index contributed by atoms with van der Waals surface area (Å²) >= 11 is 0. The highest BCUT2D eigenvalue weighted by Crippen LogP contribution is 2.32. The van der Waals surface area contributed by atoms with E-state index in [2.05, 4.69) is 5.32 Å². The fourth-order valence-corrected chi connectivity index (χ4v) is 2.93. The van der Waals surface area contributed by atoms with E-state index in [1.807, 2.05) is 0 Å². The fraction of sp³-hybridized carbons (Fsp3) is 0.438. The number of amides is 2. The molecule has 0 bridgehead atoms. The summed E-state index contributed by atoms with van der Waals surface area (Å²) < 4.78 is 0. The molecule has 1 saturated carbocycles. The van der Waals surface area contributed by atoms with Crippen LogP contribution in [0, 0.1) is 0 Å². The molecule has 2 N–H and O–H groups in total. The Labute approximate surface area is 128 Å². The lowest BCUT2D eigenvalue weighted by Crippen LogP contribution is -2.59. The molecule has 2 amide bonds. The van der Waals surface area contributed by atoms with E-state index in [-0.39, 0.29) is 11.8 Å². The molecule has 1 heterocycles. The van der Waals surface area contributed by atoms with Crippen LogP contribution in [0.5, 0.6) is 0 Å². The van der Waals surface area contributed by atoms with Gasteiger partial charge in [0.2, 0.25) is 5.91 Å². The highest BCUT2D eigenvalue weighted by atomic mass is 16.4. The van der Waals surface area contributed by atoms with Crippen molar-refractivity contribution in [1.82, 2.24) is 5.32 Å². The lowest BCUT2D eigenvalue weighted by atomic mass is 9.76. The van der Waals surface area contributed by atoms with Gasteiger partial charge in [-0.2, -0.15) is 0 Å². The molecule has 0 unspecified atom stereocenters. The molecule has 0 radical (unpaired) electrons. The monoisotopic (exact) mass is 302 g/mol. The fourth-order valence-electron chi connectivity index (χ4n) is 2.93. The van der Waals surface area contributed by atoms with Gasteiger partial charge >= 0.3 is 5.97 Å². The zero-order valence-electron chi connectivity index (χ0n) is 12.2. The van der Waals surface area contributed by atoms with Gasteiger partial charge in [0.1, 0.15) is 5.54 Å². The average molecular weight is 302 g/mol. The van der Waals surface area contributed by atoms with E-state index in [1.165, 1.54) is 0 Å². The molecule has 6 heteroatoms. The summed E-state index contributed by atoms with van der Waals surface area (Å²) in [5.41, 5.74) is 0.0688. The third-order valence-corrected chi connectivity index (χ3v) is 4.48. The Hall–Kier alpha value is -2.37. The van der Waals surface area contributed by atoms with Crippen LogP contribution in [0.4, 0.5) is 5.69 Å². The van der Waals surface area contributed by atoms with Crippen LogP contribution in [0.25, 0.3) is 0 Å². The van der Waals surface area contributed by atoms with Crippen LogP contribution in [0.3, 0.4) is 0 Å². The second-order valence-corrected chi connectivity index (χ2v) is 5.89. The van der Waals surface area contributed by atoms with Crippen LogP contribution in [0.2, 0.25) is 0 Å². The van der Waals surface area contributed by atoms with Crippen LogP contribution in [0.15, 0.2) is 24.3 Å². The van der Waals surface area contributed by atoms with Crippen molar-refractivity contribution in [2.45, 2.75) is 37.6 Å². The summed E-state index contributed by atoms with van der Waals surface area (Å²) in [6, 6.07) is 6.72. The van der Waals surface area contributed by atoms with Crippen molar-refractivity contribution in [1.29, 1.82) is 0 Å². The number of nitrogens with one attached hydrogen (secondary N) is 1. The molecule has 116 valence electrons. The first-order valence-electron chi connectivity index (χ1n) is 7.48. The zero-order chi connectivity index (χ0) is 15.7. The molecule has 22 heavy (non-hydrogen) atoms. The first-order valence-corrected chi connectivity index (χ1v) is 7.48. The van der Waals surface area contributed by atoms with Crippen LogP contribution >= 0.6 is 0 Å². The number of carboxylic acids is 1. The van der Waals surface area contributed by atoms with Crippen molar-refractivity contribution in [2.24, 2.45) is 0 Å². The molecule has 0 atom stereocenters. The van der Waals surface area contributed by atoms with Gasteiger partial charge in [-0.05, 0) is 49.9 Å². The maximum atomic E-state index is 12.2. The quantitative estimate of drug-likeness (QED) is 0.883. The number of carbonyl (C=O) groups excluding carboxylic acids is 2. The van der Waals surface area contributed by atoms with Crippen molar-refractivity contribution in [3.8, 4) is 0 Å². The first-order chi connectivity index (χ1) is 10.5. The molecule has 1 saturated heterocycles. The van der Waals surface area contributed by atoms with E-state index in [0.29, 0.717) is 31.4 Å². The summed E-state index contributed by atoms with van der Waals surface area (Å²) in [7, 11) is 0. The SMILES string of the molecule is O=C(NC1(C(=O)O)CCC1)c1ccc(N2CCCC2=O)cc1. The van der Waals surface area contributed by atoms with Crippen molar-refractivity contribution >= 4 is 23.5 Å². The Morgan fingerprint density at radius 1 is 1.14 bits per heavy atom. The van der Waals surface area contributed by atoms with Crippen molar-refractivity contribution < 1.29 is 19.5 Å². The lowest BCUT2D eigenvalue weighted by Gasteiger charge is -2.38. The van der Waals surface area contributed by atoms with E-state index in [0.717, 1.165) is 18.5 Å². The highest BCUT2D eigenvalue weighted by molar-refractivity contribution is 5.99. The first kappa shape index (κ1) is 14.6. The molecular weight excluding hydrogens is 284 g/mol. The Bertz CT molecular complexity index is 620. The molecule has 1 aromatic rings. The molecule has 0 spiro atoms. The molecule has 2 aliphatic rings. The number of carboxylic acid groups (broad SMARTS) is 1. The van der Waals surface area contributed by atoms with Crippen molar-refractivity contribution in [3.05, 3.63) is 29.8 Å². The Morgan fingerprint density at radius 3 is 2.27 bits per heavy atom. The topological polar surface area (TPSA) is 86.7 Å². The molecule has 0 aromatic heterocycles. The molecule has 1 aliphatic carbocycles. The van der Waals surface area contributed by atoms with Gasteiger partial charge in [-0.25, -0.2) is 4.79 Å². The normalized spacial score (nSPS) is 19.6. The number of aliphatic carboxylic acids is 1. The summed E-state index contributed by atoms with van der Waals surface area (Å²) in [6.07, 6.45) is 3.15. The Kier molecular flexibility index (Phi) is 3.60. The predicted octanol–water partition coefficient (Wildman–Crippen LogP) is 1.55. The van der Waals surface area contributed by atoms with Crippen LogP contribution in [-0.4, -0.2) is 35.0 Å². The van der Waals surface area contributed by atoms with Crippen molar-refractivity contribution in [2.75, 3.05) is 11.4 Å². The second kappa shape index (κ2) is 5.44. The van der Waals surface area contributed by atoms with Gasteiger partial charge < -0.3 is 15.3 Å².